The van der Waals surface area contributed by atoms with E-state index in [2.05, 4.69) is 5.32 Å². The lowest BCUT2D eigenvalue weighted by atomic mass is 10.0. The maximum atomic E-state index is 13.2. The zero-order valence-corrected chi connectivity index (χ0v) is 9.86. The number of hydrogen-bond acceptors (Lipinski definition) is 4. The number of alkyl halides is 1. The third kappa shape index (κ3) is 2.07. The topological polar surface area (TPSA) is 75.4 Å². The summed E-state index contributed by atoms with van der Waals surface area (Å²) in [6.07, 6.45) is 0.751. The Bertz CT molecular complexity index is 339. The van der Waals surface area contributed by atoms with Crippen LogP contribution in [0.1, 0.15) is 12.8 Å². The van der Waals surface area contributed by atoms with Crippen molar-refractivity contribution >= 4 is 12.2 Å². The number of nitrogens with one attached hydrogen (secondary N) is 1. The highest BCUT2D eigenvalue weighted by molar-refractivity contribution is 5.83. The van der Waals surface area contributed by atoms with Gasteiger partial charge in [0.05, 0.1) is 0 Å². The van der Waals surface area contributed by atoms with Gasteiger partial charge in [-0.05, 0) is 12.8 Å². The summed E-state index contributed by atoms with van der Waals surface area (Å²) >= 11 is 0. The zero-order chi connectivity index (χ0) is 12.6. The molecule has 2 rings (SSSR count). The lowest BCUT2D eigenvalue weighted by Crippen LogP contribution is -2.59. The highest BCUT2D eigenvalue weighted by atomic mass is 19.1. The number of carbonyl (C=O) groups is 2. The maximum absolute atomic E-state index is 13.2. The number of nitrogens with zero attached hydrogens (tertiary/aromatic N) is 1. The summed E-state index contributed by atoms with van der Waals surface area (Å²) in [7, 11) is 1.56. The smallest absolute Gasteiger partial charge is 0.223 e. The second kappa shape index (κ2) is 4.34. The Hall–Kier alpha value is -1.01. The molecule has 6 heteroatoms. The standard InChI is InChI=1S/C11H18FN3O2/c1-14-10(17)8-4-9(8)11(13,6-16)15-3-2-7(12)5-15/h6-9H,2-5,13H2,1H3,(H,14,17)/t7-,8-,9-,11+/m0/s1. The Labute approximate surface area is 99.5 Å². The van der Waals surface area contributed by atoms with Gasteiger partial charge in [0.1, 0.15) is 11.8 Å². The van der Waals surface area contributed by atoms with Gasteiger partial charge >= 0.3 is 0 Å². The Balaban J connectivity index is 2.06. The zero-order valence-electron chi connectivity index (χ0n) is 9.86. The minimum Gasteiger partial charge on any atom is -0.359 e. The minimum atomic E-state index is -1.18. The second-order valence-corrected chi connectivity index (χ2v) is 4.90. The molecule has 2 aliphatic rings. The molecule has 96 valence electrons. The van der Waals surface area contributed by atoms with Gasteiger partial charge in [-0.1, -0.05) is 0 Å². The van der Waals surface area contributed by atoms with Crippen LogP contribution in [0.15, 0.2) is 0 Å². The summed E-state index contributed by atoms with van der Waals surface area (Å²) in [5, 5.41) is 2.55. The SMILES string of the molecule is CNC(=O)[C@H]1C[C@@H]1[C@@](N)(C=O)N1CC[C@H](F)C1. The van der Waals surface area contributed by atoms with Crippen molar-refractivity contribution < 1.29 is 14.0 Å². The fourth-order valence-corrected chi connectivity index (χ4v) is 2.65. The first-order chi connectivity index (χ1) is 8.02. The van der Waals surface area contributed by atoms with Crippen molar-refractivity contribution in [3.05, 3.63) is 0 Å². The number of aldehydes is 1. The van der Waals surface area contributed by atoms with E-state index in [4.69, 9.17) is 5.73 Å². The minimum absolute atomic E-state index is 0.0947. The molecule has 1 amide bonds. The summed E-state index contributed by atoms with van der Waals surface area (Å²) in [5.41, 5.74) is 4.88. The molecule has 0 spiro atoms. The molecule has 1 saturated heterocycles. The number of halogens is 1. The molecule has 0 aromatic carbocycles. The normalized spacial score (nSPS) is 36.3. The van der Waals surface area contributed by atoms with E-state index < -0.39 is 11.8 Å². The van der Waals surface area contributed by atoms with Crippen LogP contribution in [-0.2, 0) is 9.59 Å². The monoisotopic (exact) mass is 243 g/mol. The molecular formula is C11H18FN3O2. The largest absolute Gasteiger partial charge is 0.359 e. The summed E-state index contributed by atoms with van der Waals surface area (Å²) in [6.45, 7) is 0.666. The molecule has 2 fully saturated rings. The molecule has 0 aromatic heterocycles. The van der Waals surface area contributed by atoms with Crippen LogP contribution in [0, 0.1) is 11.8 Å². The molecule has 0 bridgehead atoms. The van der Waals surface area contributed by atoms with E-state index in [-0.39, 0.29) is 24.3 Å². The van der Waals surface area contributed by atoms with Crippen LogP contribution in [0.3, 0.4) is 0 Å². The van der Waals surface area contributed by atoms with Gasteiger partial charge in [-0.2, -0.15) is 0 Å². The van der Waals surface area contributed by atoms with Gasteiger partial charge in [-0.15, -0.1) is 0 Å². The summed E-state index contributed by atoms with van der Waals surface area (Å²) in [4.78, 5) is 24.4. The van der Waals surface area contributed by atoms with Crippen LogP contribution in [0.2, 0.25) is 0 Å². The van der Waals surface area contributed by atoms with Crippen molar-refractivity contribution in [2.24, 2.45) is 17.6 Å². The van der Waals surface area contributed by atoms with E-state index >= 15 is 0 Å². The average Bonchev–Trinajstić information content (AvgIpc) is 3.03. The van der Waals surface area contributed by atoms with Gasteiger partial charge < -0.3 is 11.1 Å². The van der Waals surface area contributed by atoms with Crippen LogP contribution < -0.4 is 11.1 Å². The van der Waals surface area contributed by atoms with Gasteiger partial charge in [0.25, 0.3) is 0 Å². The molecule has 5 nitrogen and oxygen atoms in total. The number of hydrogen-bond donors (Lipinski definition) is 2. The Morgan fingerprint density at radius 1 is 1.65 bits per heavy atom. The molecular weight excluding hydrogens is 225 g/mol. The Morgan fingerprint density at radius 3 is 2.82 bits per heavy atom. The average molecular weight is 243 g/mol. The number of likely N-dealkylation sites (tertiary alicyclic amines) is 1. The van der Waals surface area contributed by atoms with Crippen LogP contribution in [0.25, 0.3) is 0 Å². The van der Waals surface area contributed by atoms with Crippen LogP contribution in [0.4, 0.5) is 4.39 Å². The molecule has 17 heavy (non-hydrogen) atoms. The number of nitrogens with two attached hydrogens (primary N) is 1. The van der Waals surface area contributed by atoms with Crippen molar-refractivity contribution in [3.8, 4) is 0 Å². The predicted octanol–water partition coefficient (Wildman–Crippen LogP) is -0.734. The van der Waals surface area contributed by atoms with Crippen LogP contribution in [-0.4, -0.2) is 49.1 Å². The summed E-state index contributed by atoms with van der Waals surface area (Å²) in [6, 6.07) is 0. The number of amides is 1. The van der Waals surface area contributed by atoms with Gasteiger partial charge in [0, 0.05) is 32.0 Å². The highest BCUT2D eigenvalue weighted by Crippen LogP contribution is 2.46. The van der Waals surface area contributed by atoms with E-state index in [0.717, 1.165) is 0 Å². The third-order valence-electron chi connectivity index (χ3n) is 3.83. The fraction of sp³-hybridized carbons (Fsp3) is 0.818. The van der Waals surface area contributed by atoms with Gasteiger partial charge in [0.15, 0.2) is 6.29 Å². The first-order valence-corrected chi connectivity index (χ1v) is 5.89. The van der Waals surface area contributed by atoms with Crippen LogP contribution >= 0.6 is 0 Å². The maximum Gasteiger partial charge on any atom is 0.223 e. The Morgan fingerprint density at radius 2 is 2.35 bits per heavy atom. The highest BCUT2D eigenvalue weighted by Gasteiger charge is 2.57. The van der Waals surface area contributed by atoms with E-state index in [0.29, 0.717) is 25.7 Å². The molecule has 0 radical (unpaired) electrons. The van der Waals surface area contributed by atoms with Crippen molar-refractivity contribution in [2.45, 2.75) is 24.7 Å². The molecule has 1 heterocycles. The van der Waals surface area contributed by atoms with Gasteiger partial charge in [0.2, 0.25) is 5.91 Å². The molecule has 0 aromatic rings. The van der Waals surface area contributed by atoms with Crippen molar-refractivity contribution in [1.29, 1.82) is 0 Å². The van der Waals surface area contributed by atoms with Gasteiger partial charge in [-0.25, -0.2) is 4.39 Å². The lowest BCUT2D eigenvalue weighted by Gasteiger charge is -2.33. The van der Waals surface area contributed by atoms with Crippen molar-refractivity contribution in [3.63, 3.8) is 0 Å². The number of carbonyl (C=O) groups excluding carboxylic acids is 2. The van der Waals surface area contributed by atoms with E-state index in [1.54, 1.807) is 11.9 Å². The van der Waals surface area contributed by atoms with Gasteiger partial charge in [-0.3, -0.25) is 14.5 Å². The summed E-state index contributed by atoms with van der Waals surface area (Å²) < 4.78 is 13.2. The fourth-order valence-electron chi connectivity index (χ4n) is 2.65. The lowest BCUT2D eigenvalue weighted by molar-refractivity contribution is -0.124. The van der Waals surface area contributed by atoms with Crippen LogP contribution in [0.5, 0.6) is 0 Å². The molecule has 0 unspecified atom stereocenters. The van der Waals surface area contributed by atoms with Crippen molar-refractivity contribution in [1.82, 2.24) is 10.2 Å². The molecule has 1 saturated carbocycles. The molecule has 1 aliphatic carbocycles. The predicted molar refractivity (Wildman–Crippen MR) is 59.7 cm³/mol. The first kappa shape index (κ1) is 12.4. The van der Waals surface area contributed by atoms with E-state index in [1.807, 2.05) is 0 Å². The third-order valence-corrected chi connectivity index (χ3v) is 3.83. The second-order valence-electron chi connectivity index (χ2n) is 4.90. The van der Waals surface area contributed by atoms with E-state index in [1.165, 1.54) is 0 Å². The summed E-state index contributed by atoms with van der Waals surface area (Å²) in [5.74, 6) is -0.498. The Kier molecular flexibility index (Phi) is 3.18. The molecule has 4 atom stereocenters. The van der Waals surface area contributed by atoms with E-state index in [9.17, 15) is 14.0 Å². The molecule has 3 N–H and O–H groups in total. The van der Waals surface area contributed by atoms with Crippen molar-refractivity contribution in [2.75, 3.05) is 20.1 Å². The quantitative estimate of drug-likeness (QED) is 0.638. The first-order valence-electron chi connectivity index (χ1n) is 5.89. The molecule has 1 aliphatic heterocycles. The number of rotatable bonds is 4.